The maximum absolute atomic E-state index is 12.1. The topological polar surface area (TPSA) is 113 Å². The Labute approximate surface area is 114 Å². The zero-order valence-corrected chi connectivity index (χ0v) is 10.7. The summed E-state index contributed by atoms with van der Waals surface area (Å²) in [6.45, 7) is 0.880. The number of nitro benzene ring substituents is 1. The Morgan fingerprint density at radius 2 is 2.25 bits per heavy atom. The minimum Gasteiger partial charge on any atom is -0.479 e. The molecule has 2 atom stereocenters. The van der Waals surface area contributed by atoms with Crippen LogP contribution in [0.25, 0.3) is 0 Å². The van der Waals surface area contributed by atoms with Crippen molar-refractivity contribution in [2.45, 2.75) is 19.1 Å². The van der Waals surface area contributed by atoms with Crippen molar-refractivity contribution in [2.75, 3.05) is 18.1 Å². The molecule has 1 aromatic carbocycles. The number of ether oxygens (including phenoxy) is 1. The molecule has 0 aromatic heterocycles. The number of non-ortho nitro benzene ring substituents is 1. The van der Waals surface area contributed by atoms with Crippen molar-refractivity contribution in [3.63, 3.8) is 0 Å². The second kappa shape index (κ2) is 5.43. The number of nitro groups is 1. The highest BCUT2D eigenvalue weighted by Crippen LogP contribution is 2.36. The number of carbonyl (C=O) groups excluding carboxylic acids is 1. The summed E-state index contributed by atoms with van der Waals surface area (Å²) in [6.07, 6.45) is -1.88. The number of aliphatic hydroxyl groups is 2. The first-order chi connectivity index (χ1) is 9.43. The third-order valence-electron chi connectivity index (χ3n) is 2.97. The van der Waals surface area contributed by atoms with Crippen LogP contribution in [0.2, 0.25) is 0 Å². The van der Waals surface area contributed by atoms with E-state index in [1.165, 1.54) is 23.1 Å². The SMILES string of the molecule is CC1Oc2ccc([N+](=O)[O-])cc2N(CC(O)CO)C1=O. The molecule has 0 saturated carbocycles. The lowest BCUT2D eigenvalue weighted by Crippen LogP contribution is -2.48. The van der Waals surface area contributed by atoms with Gasteiger partial charge in [0.1, 0.15) is 5.75 Å². The Morgan fingerprint density at radius 1 is 1.55 bits per heavy atom. The van der Waals surface area contributed by atoms with Crippen molar-refractivity contribution in [1.82, 2.24) is 0 Å². The van der Waals surface area contributed by atoms with Crippen LogP contribution >= 0.6 is 0 Å². The van der Waals surface area contributed by atoms with E-state index < -0.39 is 29.6 Å². The van der Waals surface area contributed by atoms with Crippen LogP contribution in [-0.2, 0) is 4.79 Å². The van der Waals surface area contributed by atoms with Crippen molar-refractivity contribution in [2.24, 2.45) is 0 Å². The molecule has 0 fully saturated rings. The lowest BCUT2D eigenvalue weighted by molar-refractivity contribution is -0.384. The molecule has 8 heteroatoms. The number of hydrogen-bond donors (Lipinski definition) is 2. The summed E-state index contributed by atoms with van der Waals surface area (Å²) >= 11 is 0. The first-order valence-electron chi connectivity index (χ1n) is 5.99. The van der Waals surface area contributed by atoms with Crippen molar-refractivity contribution >= 4 is 17.3 Å². The van der Waals surface area contributed by atoms with Gasteiger partial charge in [0.15, 0.2) is 6.10 Å². The molecule has 0 bridgehead atoms. The average molecular weight is 282 g/mol. The molecule has 1 aliphatic heterocycles. The number of nitrogens with zero attached hydrogens (tertiary/aromatic N) is 2. The predicted octanol–water partition coefficient (Wildman–Crippen LogP) is 0.0619. The molecule has 0 radical (unpaired) electrons. The van der Waals surface area contributed by atoms with Gasteiger partial charge in [0.25, 0.3) is 11.6 Å². The van der Waals surface area contributed by atoms with E-state index in [0.717, 1.165) is 0 Å². The zero-order chi connectivity index (χ0) is 14.9. The van der Waals surface area contributed by atoms with Crippen LogP contribution in [0.4, 0.5) is 11.4 Å². The molecular formula is C12H14N2O6. The van der Waals surface area contributed by atoms with E-state index in [4.69, 9.17) is 9.84 Å². The van der Waals surface area contributed by atoms with Gasteiger partial charge >= 0.3 is 0 Å². The zero-order valence-electron chi connectivity index (χ0n) is 10.7. The van der Waals surface area contributed by atoms with E-state index in [-0.39, 0.29) is 17.9 Å². The summed E-state index contributed by atoms with van der Waals surface area (Å²) in [7, 11) is 0. The maximum atomic E-state index is 12.1. The van der Waals surface area contributed by atoms with E-state index in [2.05, 4.69) is 0 Å². The molecule has 0 saturated heterocycles. The van der Waals surface area contributed by atoms with Gasteiger partial charge in [-0.25, -0.2) is 0 Å². The molecule has 2 N–H and O–H groups in total. The number of hydrogen-bond acceptors (Lipinski definition) is 6. The normalized spacial score (nSPS) is 19.2. The van der Waals surface area contributed by atoms with Gasteiger partial charge in [-0.15, -0.1) is 0 Å². The van der Waals surface area contributed by atoms with Gasteiger partial charge in [-0.2, -0.15) is 0 Å². The molecular weight excluding hydrogens is 268 g/mol. The van der Waals surface area contributed by atoms with Crippen LogP contribution in [0.5, 0.6) is 5.75 Å². The minimum absolute atomic E-state index is 0.156. The standard InChI is InChI=1S/C12H14N2O6/c1-7-12(17)13(5-9(16)6-15)10-4-8(14(18)19)2-3-11(10)20-7/h2-4,7,9,15-16H,5-6H2,1H3. The maximum Gasteiger partial charge on any atom is 0.271 e. The first-order valence-corrected chi connectivity index (χ1v) is 5.99. The second-order valence-electron chi connectivity index (χ2n) is 4.45. The Bertz CT molecular complexity index is 547. The number of carbonyl (C=O) groups is 1. The number of aliphatic hydroxyl groups excluding tert-OH is 2. The van der Waals surface area contributed by atoms with E-state index in [1.54, 1.807) is 6.92 Å². The van der Waals surface area contributed by atoms with Gasteiger partial charge in [0.05, 0.1) is 29.9 Å². The predicted molar refractivity (Wildman–Crippen MR) is 68.6 cm³/mol. The molecule has 2 rings (SSSR count). The fourth-order valence-corrected chi connectivity index (χ4v) is 1.97. The summed E-state index contributed by atoms with van der Waals surface area (Å²) in [4.78, 5) is 23.5. The van der Waals surface area contributed by atoms with Crippen LogP contribution in [0, 0.1) is 10.1 Å². The van der Waals surface area contributed by atoms with Crippen molar-refractivity contribution in [3.8, 4) is 5.75 Å². The summed E-state index contributed by atoms with van der Waals surface area (Å²) in [5, 5.41) is 29.2. The smallest absolute Gasteiger partial charge is 0.271 e. The van der Waals surface area contributed by atoms with E-state index in [9.17, 15) is 20.0 Å². The van der Waals surface area contributed by atoms with Crippen molar-refractivity contribution in [3.05, 3.63) is 28.3 Å². The molecule has 2 unspecified atom stereocenters. The lowest BCUT2D eigenvalue weighted by atomic mass is 10.1. The molecule has 1 amide bonds. The van der Waals surface area contributed by atoms with E-state index in [0.29, 0.717) is 5.75 Å². The van der Waals surface area contributed by atoms with Gasteiger partial charge in [-0.3, -0.25) is 14.9 Å². The monoisotopic (exact) mass is 282 g/mol. The number of benzene rings is 1. The van der Waals surface area contributed by atoms with Crippen LogP contribution in [0.3, 0.4) is 0 Å². The van der Waals surface area contributed by atoms with Gasteiger partial charge in [-0.1, -0.05) is 0 Å². The number of rotatable bonds is 4. The van der Waals surface area contributed by atoms with E-state index in [1.807, 2.05) is 0 Å². The number of β-amino-alcohol motifs (C(OH)–C–C–N with tert-alkyl or cyclic N) is 1. The summed E-state index contributed by atoms with van der Waals surface area (Å²) in [5.74, 6) is -0.0988. The molecule has 1 aliphatic rings. The lowest BCUT2D eigenvalue weighted by Gasteiger charge is -2.33. The molecule has 0 spiro atoms. The third-order valence-corrected chi connectivity index (χ3v) is 2.97. The van der Waals surface area contributed by atoms with Crippen molar-refractivity contribution < 1.29 is 24.7 Å². The average Bonchev–Trinajstić information content (AvgIpc) is 2.43. The summed E-state index contributed by atoms with van der Waals surface area (Å²) in [5.41, 5.74) is 0.0352. The largest absolute Gasteiger partial charge is 0.479 e. The quantitative estimate of drug-likeness (QED) is 0.596. The van der Waals surface area contributed by atoms with Crippen molar-refractivity contribution in [1.29, 1.82) is 0 Å². The molecule has 1 heterocycles. The van der Waals surface area contributed by atoms with Crippen LogP contribution in [0.15, 0.2) is 18.2 Å². The van der Waals surface area contributed by atoms with Gasteiger partial charge in [-0.05, 0) is 13.0 Å². The fourth-order valence-electron chi connectivity index (χ4n) is 1.97. The fraction of sp³-hybridized carbons (Fsp3) is 0.417. The molecule has 108 valence electrons. The number of fused-ring (bicyclic) bond motifs is 1. The molecule has 8 nitrogen and oxygen atoms in total. The Hall–Kier alpha value is -2.19. The highest BCUT2D eigenvalue weighted by molar-refractivity contribution is 6.00. The van der Waals surface area contributed by atoms with E-state index >= 15 is 0 Å². The molecule has 1 aromatic rings. The molecule has 20 heavy (non-hydrogen) atoms. The van der Waals surface area contributed by atoms with Crippen LogP contribution in [0.1, 0.15) is 6.92 Å². The van der Waals surface area contributed by atoms with Crippen LogP contribution in [-0.4, -0.2) is 46.4 Å². The highest BCUT2D eigenvalue weighted by atomic mass is 16.6. The van der Waals surface area contributed by atoms with Gasteiger partial charge in [0.2, 0.25) is 0 Å². The van der Waals surface area contributed by atoms with Gasteiger partial charge in [0, 0.05) is 12.1 Å². The van der Waals surface area contributed by atoms with Crippen LogP contribution < -0.4 is 9.64 Å². The second-order valence-corrected chi connectivity index (χ2v) is 4.45. The highest BCUT2D eigenvalue weighted by Gasteiger charge is 2.33. The Balaban J connectivity index is 2.43. The third kappa shape index (κ3) is 2.56. The van der Waals surface area contributed by atoms with Gasteiger partial charge < -0.3 is 19.8 Å². The first kappa shape index (κ1) is 14.2. The number of amides is 1. The Morgan fingerprint density at radius 3 is 2.85 bits per heavy atom. The molecule has 0 aliphatic carbocycles. The minimum atomic E-state index is -1.13. The Kier molecular flexibility index (Phi) is 3.86. The summed E-state index contributed by atoms with van der Waals surface area (Å²) in [6, 6.07) is 3.90. The summed E-state index contributed by atoms with van der Waals surface area (Å²) < 4.78 is 5.37. The number of anilines is 1.